The van der Waals surface area contributed by atoms with Gasteiger partial charge in [0.25, 0.3) is 0 Å². The molecule has 0 spiro atoms. The van der Waals surface area contributed by atoms with Gasteiger partial charge in [-0.25, -0.2) is 0 Å². The Bertz CT molecular complexity index is 403. The Hall–Kier alpha value is -1.90. The quantitative estimate of drug-likeness (QED) is 0.595. The molecule has 2 heteroatoms. The maximum Gasteiger partial charge on any atom is 0.148 e. The predicted molar refractivity (Wildman–Crippen MR) is 65.9 cm³/mol. The van der Waals surface area contributed by atoms with Crippen LogP contribution in [0.1, 0.15) is 12.5 Å². The standard InChI is InChI=1S/C14H15NO/c1-3-5-10-15-12-13-6-8-14(9-7-13)16-11-4-2/h2,6-9,15H,10-12H2,1H3. The fourth-order valence-electron chi connectivity index (χ4n) is 1.19. The summed E-state index contributed by atoms with van der Waals surface area (Å²) in [7, 11) is 0. The molecule has 16 heavy (non-hydrogen) atoms. The average molecular weight is 213 g/mol. The van der Waals surface area contributed by atoms with Gasteiger partial charge < -0.3 is 10.1 Å². The first kappa shape index (κ1) is 12.2. The Balaban J connectivity index is 2.38. The molecule has 1 N–H and O–H groups in total. The molecule has 0 saturated heterocycles. The van der Waals surface area contributed by atoms with Crippen molar-refractivity contribution in [2.24, 2.45) is 0 Å². The second-order valence-corrected chi connectivity index (χ2v) is 3.17. The third-order valence-corrected chi connectivity index (χ3v) is 1.96. The van der Waals surface area contributed by atoms with Crippen molar-refractivity contribution in [2.75, 3.05) is 13.2 Å². The summed E-state index contributed by atoms with van der Waals surface area (Å²) >= 11 is 0. The fourth-order valence-corrected chi connectivity index (χ4v) is 1.19. The third-order valence-electron chi connectivity index (χ3n) is 1.96. The smallest absolute Gasteiger partial charge is 0.148 e. The maximum absolute atomic E-state index is 5.27. The number of rotatable bonds is 5. The van der Waals surface area contributed by atoms with Crippen LogP contribution in [0.5, 0.6) is 5.75 Å². The highest BCUT2D eigenvalue weighted by Crippen LogP contribution is 2.11. The van der Waals surface area contributed by atoms with Crippen molar-refractivity contribution in [1.29, 1.82) is 0 Å². The van der Waals surface area contributed by atoms with Gasteiger partial charge in [0.05, 0.1) is 6.54 Å². The van der Waals surface area contributed by atoms with Gasteiger partial charge in [-0.3, -0.25) is 0 Å². The lowest BCUT2D eigenvalue weighted by molar-refractivity contribution is 0.370. The van der Waals surface area contributed by atoms with E-state index in [4.69, 9.17) is 11.2 Å². The molecule has 0 amide bonds. The molecule has 1 rings (SSSR count). The van der Waals surface area contributed by atoms with Crippen LogP contribution in [0.25, 0.3) is 0 Å². The number of ether oxygens (including phenoxy) is 1. The summed E-state index contributed by atoms with van der Waals surface area (Å²) < 4.78 is 5.27. The monoisotopic (exact) mass is 213 g/mol. The molecule has 0 unspecified atom stereocenters. The number of terminal acetylenes is 1. The van der Waals surface area contributed by atoms with Gasteiger partial charge in [0.15, 0.2) is 0 Å². The zero-order valence-electron chi connectivity index (χ0n) is 9.42. The first-order valence-electron chi connectivity index (χ1n) is 5.12. The molecule has 0 aliphatic carbocycles. The summed E-state index contributed by atoms with van der Waals surface area (Å²) in [6.07, 6.45) is 5.10. The Morgan fingerprint density at radius 3 is 2.69 bits per heavy atom. The molecule has 0 aliphatic rings. The number of hydrogen-bond acceptors (Lipinski definition) is 2. The van der Waals surface area contributed by atoms with Crippen molar-refractivity contribution in [3.8, 4) is 29.9 Å². The highest BCUT2D eigenvalue weighted by Gasteiger charge is 1.94. The van der Waals surface area contributed by atoms with Crippen LogP contribution in [-0.4, -0.2) is 13.2 Å². The van der Waals surface area contributed by atoms with Crippen LogP contribution < -0.4 is 10.1 Å². The molecule has 0 aliphatic heterocycles. The van der Waals surface area contributed by atoms with E-state index in [0.717, 1.165) is 12.3 Å². The minimum atomic E-state index is 0.309. The Morgan fingerprint density at radius 2 is 2.06 bits per heavy atom. The molecule has 0 heterocycles. The van der Waals surface area contributed by atoms with E-state index in [0.29, 0.717) is 13.2 Å². The van der Waals surface area contributed by atoms with Crippen molar-refractivity contribution in [3.05, 3.63) is 29.8 Å². The van der Waals surface area contributed by atoms with Crippen LogP contribution >= 0.6 is 0 Å². The highest BCUT2D eigenvalue weighted by molar-refractivity contribution is 5.27. The lowest BCUT2D eigenvalue weighted by Crippen LogP contribution is -2.12. The first-order valence-corrected chi connectivity index (χ1v) is 5.12. The summed E-state index contributed by atoms with van der Waals surface area (Å²) in [5, 5.41) is 3.22. The molecular weight excluding hydrogens is 198 g/mol. The van der Waals surface area contributed by atoms with E-state index in [2.05, 4.69) is 23.1 Å². The van der Waals surface area contributed by atoms with Gasteiger partial charge in [-0.1, -0.05) is 24.0 Å². The Morgan fingerprint density at radius 1 is 1.31 bits per heavy atom. The van der Waals surface area contributed by atoms with Gasteiger partial charge >= 0.3 is 0 Å². The Labute approximate surface area is 97.0 Å². The maximum atomic E-state index is 5.27. The van der Waals surface area contributed by atoms with Crippen LogP contribution in [0.15, 0.2) is 24.3 Å². The molecule has 0 saturated carbocycles. The second-order valence-electron chi connectivity index (χ2n) is 3.17. The van der Waals surface area contributed by atoms with E-state index in [1.165, 1.54) is 5.56 Å². The van der Waals surface area contributed by atoms with Crippen LogP contribution in [0.3, 0.4) is 0 Å². The van der Waals surface area contributed by atoms with Crippen molar-refractivity contribution in [2.45, 2.75) is 13.5 Å². The fraction of sp³-hybridized carbons (Fsp3) is 0.286. The minimum absolute atomic E-state index is 0.309. The first-order chi connectivity index (χ1) is 7.86. The molecule has 1 aromatic rings. The molecule has 1 aromatic carbocycles. The molecule has 0 radical (unpaired) electrons. The second kappa shape index (κ2) is 7.40. The minimum Gasteiger partial charge on any atom is -0.481 e. The van der Waals surface area contributed by atoms with Crippen molar-refractivity contribution in [3.63, 3.8) is 0 Å². The molecule has 2 nitrogen and oxygen atoms in total. The van der Waals surface area contributed by atoms with Gasteiger partial charge in [-0.2, -0.15) is 0 Å². The van der Waals surface area contributed by atoms with Crippen LogP contribution in [0, 0.1) is 24.2 Å². The highest BCUT2D eigenvalue weighted by atomic mass is 16.5. The van der Waals surface area contributed by atoms with Crippen LogP contribution in [-0.2, 0) is 6.54 Å². The number of hydrogen-bond donors (Lipinski definition) is 1. The predicted octanol–water partition coefficient (Wildman–Crippen LogP) is 1.81. The van der Waals surface area contributed by atoms with Crippen molar-refractivity contribution in [1.82, 2.24) is 5.32 Å². The molecule has 0 atom stereocenters. The average Bonchev–Trinajstić information content (AvgIpc) is 2.33. The van der Waals surface area contributed by atoms with E-state index in [-0.39, 0.29) is 0 Å². The Kier molecular flexibility index (Phi) is 5.63. The SMILES string of the molecule is C#CCOc1ccc(CNCC#CC)cc1. The van der Waals surface area contributed by atoms with E-state index in [9.17, 15) is 0 Å². The molecule has 0 fully saturated rings. The lowest BCUT2D eigenvalue weighted by atomic mass is 10.2. The molecular formula is C14H15NO. The topological polar surface area (TPSA) is 21.3 Å². The number of benzene rings is 1. The summed E-state index contributed by atoms with van der Waals surface area (Å²) in [4.78, 5) is 0. The van der Waals surface area contributed by atoms with Gasteiger partial charge in [0.2, 0.25) is 0 Å². The van der Waals surface area contributed by atoms with E-state index in [1.807, 2.05) is 31.2 Å². The van der Waals surface area contributed by atoms with Crippen LogP contribution in [0.2, 0.25) is 0 Å². The lowest BCUT2D eigenvalue weighted by Gasteiger charge is -2.04. The van der Waals surface area contributed by atoms with Gasteiger partial charge in [-0.05, 0) is 24.6 Å². The molecule has 82 valence electrons. The van der Waals surface area contributed by atoms with E-state index in [1.54, 1.807) is 0 Å². The summed E-state index contributed by atoms with van der Waals surface area (Å²) in [6.45, 7) is 3.67. The number of nitrogens with one attached hydrogen (secondary N) is 1. The van der Waals surface area contributed by atoms with E-state index >= 15 is 0 Å². The third kappa shape index (κ3) is 4.55. The molecule has 0 bridgehead atoms. The van der Waals surface area contributed by atoms with Crippen LogP contribution in [0.4, 0.5) is 0 Å². The summed E-state index contributed by atoms with van der Waals surface area (Å²) in [5.41, 5.74) is 1.20. The van der Waals surface area contributed by atoms with Gasteiger partial charge in [0, 0.05) is 6.54 Å². The van der Waals surface area contributed by atoms with Crippen molar-refractivity contribution < 1.29 is 4.74 Å². The largest absolute Gasteiger partial charge is 0.481 e. The van der Waals surface area contributed by atoms with Gasteiger partial charge in [0.1, 0.15) is 12.4 Å². The summed E-state index contributed by atoms with van der Waals surface area (Å²) in [5.74, 6) is 9.02. The molecule has 0 aromatic heterocycles. The normalized spacial score (nSPS) is 8.75. The summed E-state index contributed by atoms with van der Waals surface area (Å²) in [6, 6.07) is 7.86. The zero-order valence-corrected chi connectivity index (χ0v) is 9.42. The van der Waals surface area contributed by atoms with E-state index < -0.39 is 0 Å². The van der Waals surface area contributed by atoms with Crippen molar-refractivity contribution >= 4 is 0 Å². The zero-order chi connectivity index (χ0) is 11.6. The van der Waals surface area contributed by atoms with Gasteiger partial charge in [-0.15, -0.1) is 12.3 Å².